The fraction of sp³-hybridized carbons (Fsp3) is 0.333. The lowest BCUT2D eigenvalue weighted by molar-refractivity contribution is 0.0697. The molecule has 2 aromatic carbocycles. The minimum Gasteiger partial charge on any atom is -0.493 e. The third-order valence-electron chi connectivity index (χ3n) is 4.78. The van der Waals surface area contributed by atoms with Crippen molar-refractivity contribution in [2.24, 2.45) is 0 Å². The first kappa shape index (κ1) is 18.8. The maximum atomic E-state index is 12.8. The molecule has 27 heavy (non-hydrogen) atoms. The monoisotopic (exact) mass is 368 g/mol. The summed E-state index contributed by atoms with van der Waals surface area (Å²) in [5, 5.41) is 3.05. The number of likely N-dealkylation sites (tertiary alicyclic amines) is 1. The minimum atomic E-state index is -0.0692. The van der Waals surface area contributed by atoms with Crippen LogP contribution in [0.25, 0.3) is 0 Å². The van der Waals surface area contributed by atoms with Crippen molar-refractivity contribution in [3.05, 3.63) is 59.7 Å². The highest BCUT2D eigenvalue weighted by atomic mass is 16.5. The number of methoxy groups -OCH3 is 2. The zero-order chi connectivity index (χ0) is 19.2. The summed E-state index contributed by atoms with van der Waals surface area (Å²) in [4.78, 5) is 26.8. The maximum absolute atomic E-state index is 12.8. The quantitative estimate of drug-likeness (QED) is 0.881. The topological polar surface area (TPSA) is 67.9 Å². The highest BCUT2D eigenvalue weighted by molar-refractivity contribution is 5.95. The van der Waals surface area contributed by atoms with Gasteiger partial charge in [-0.3, -0.25) is 9.59 Å². The highest BCUT2D eigenvalue weighted by Crippen LogP contribution is 2.28. The van der Waals surface area contributed by atoms with E-state index in [9.17, 15) is 9.59 Å². The summed E-state index contributed by atoms with van der Waals surface area (Å²) >= 11 is 0. The molecule has 1 fully saturated rings. The fourth-order valence-corrected chi connectivity index (χ4v) is 3.24. The van der Waals surface area contributed by atoms with Crippen molar-refractivity contribution in [2.45, 2.75) is 18.9 Å². The average Bonchev–Trinajstić information content (AvgIpc) is 2.73. The molecule has 1 heterocycles. The average molecular weight is 368 g/mol. The lowest BCUT2D eigenvalue weighted by Crippen LogP contribution is -2.46. The van der Waals surface area contributed by atoms with E-state index < -0.39 is 0 Å². The molecule has 0 bridgehead atoms. The number of hydrogen-bond acceptors (Lipinski definition) is 4. The Morgan fingerprint density at radius 1 is 0.926 bits per heavy atom. The van der Waals surface area contributed by atoms with Crippen molar-refractivity contribution in [1.29, 1.82) is 0 Å². The Morgan fingerprint density at radius 2 is 1.59 bits per heavy atom. The number of benzene rings is 2. The number of nitrogens with zero attached hydrogens (tertiary/aromatic N) is 1. The Labute approximate surface area is 159 Å². The van der Waals surface area contributed by atoms with Crippen molar-refractivity contribution < 1.29 is 19.1 Å². The van der Waals surface area contributed by atoms with Crippen LogP contribution in [0.15, 0.2) is 48.5 Å². The largest absolute Gasteiger partial charge is 0.493 e. The van der Waals surface area contributed by atoms with E-state index in [2.05, 4.69) is 5.32 Å². The molecule has 0 spiro atoms. The first-order valence-corrected chi connectivity index (χ1v) is 8.99. The van der Waals surface area contributed by atoms with Gasteiger partial charge in [-0.15, -0.1) is 0 Å². The van der Waals surface area contributed by atoms with Gasteiger partial charge >= 0.3 is 0 Å². The summed E-state index contributed by atoms with van der Waals surface area (Å²) in [5.41, 5.74) is 1.22. The van der Waals surface area contributed by atoms with Crippen LogP contribution in [0.1, 0.15) is 33.6 Å². The second-order valence-corrected chi connectivity index (χ2v) is 6.48. The number of nitrogens with one attached hydrogen (secondary N) is 1. The molecule has 1 saturated heterocycles. The third-order valence-corrected chi connectivity index (χ3v) is 4.78. The zero-order valence-corrected chi connectivity index (χ0v) is 15.6. The van der Waals surface area contributed by atoms with E-state index in [1.54, 1.807) is 44.6 Å². The highest BCUT2D eigenvalue weighted by Gasteiger charge is 2.25. The number of amides is 2. The summed E-state index contributed by atoms with van der Waals surface area (Å²) < 4.78 is 10.5. The van der Waals surface area contributed by atoms with Crippen LogP contribution in [-0.2, 0) is 0 Å². The van der Waals surface area contributed by atoms with Gasteiger partial charge in [0, 0.05) is 30.3 Å². The molecule has 142 valence electrons. The fourth-order valence-electron chi connectivity index (χ4n) is 3.24. The lowest BCUT2D eigenvalue weighted by Gasteiger charge is -2.32. The SMILES string of the molecule is COc1ccc(C(=O)N2CCC(NC(=O)c3ccccc3)CC2)cc1OC. The van der Waals surface area contributed by atoms with E-state index in [0.29, 0.717) is 35.7 Å². The van der Waals surface area contributed by atoms with E-state index in [-0.39, 0.29) is 17.9 Å². The first-order valence-electron chi connectivity index (χ1n) is 8.99. The van der Waals surface area contributed by atoms with Crippen LogP contribution in [-0.4, -0.2) is 50.1 Å². The molecule has 3 rings (SSSR count). The van der Waals surface area contributed by atoms with Gasteiger partial charge in [-0.2, -0.15) is 0 Å². The molecule has 0 unspecified atom stereocenters. The van der Waals surface area contributed by atoms with Crippen molar-refractivity contribution in [1.82, 2.24) is 10.2 Å². The van der Waals surface area contributed by atoms with Gasteiger partial charge in [-0.1, -0.05) is 18.2 Å². The molecule has 0 aromatic heterocycles. The first-order chi connectivity index (χ1) is 13.1. The van der Waals surface area contributed by atoms with Crippen LogP contribution in [0.3, 0.4) is 0 Å². The second-order valence-electron chi connectivity index (χ2n) is 6.48. The second kappa shape index (κ2) is 8.58. The number of carbonyl (C=O) groups is 2. The molecule has 1 N–H and O–H groups in total. The van der Waals surface area contributed by atoms with E-state index in [4.69, 9.17) is 9.47 Å². The van der Waals surface area contributed by atoms with Gasteiger partial charge in [0.05, 0.1) is 14.2 Å². The van der Waals surface area contributed by atoms with E-state index in [1.807, 2.05) is 23.1 Å². The molecule has 6 nitrogen and oxygen atoms in total. The summed E-state index contributed by atoms with van der Waals surface area (Å²) in [7, 11) is 3.11. The van der Waals surface area contributed by atoms with Crippen molar-refractivity contribution in [3.8, 4) is 11.5 Å². The van der Waals surface area contributed by atoms with Gasteiger partial charge in [0.25, 0.3) is 11.8 Å². The summed E-state index contributed by atoms with van der Waals surface area (Å²) in [6, 6.07) is 14.4. The minimum absolute atomic E-state index is 0.0382. The molecule has 1 aliphatic heterocycles. The molecule has 6 heteroatoms. The normalized spacial score (nSPS) is 14.5. The smallest absolute Gasteiger partial charge is 0.253 e. The Morgan fingerprint density at radius 3 is 2.22 bits per heavy atom. The van der Waals surface area contributed by atoms with Crippen LogP contribution >= 0.6 is 0 Å². The summed E-state index contributed by atoms with van der Waals surface area (Å²) in [6.45, 7) is 1.21. The van der Waals surface area contributed by atoms with E-state index in [0.717, 1.165) is 12.8 Å². The van der Waals surface area contributed by atoms with Gasteiger partial charge in [0.15, 0.2) is 11.5 Å². The molecule has 1 aliphatic rings. The van der Waals surface area contributed by atoms with Crippen molar-refractivity contribution >= 4 is 11.8 Å². The molecule has 0 aliphatic carbocycles. The number of hydrogen-bond donors (Lipinski definition) is 1. The molecular weight excluding hydrogens is 344 g/mol. The molecule has 0 radical (unpaired) electrons. The predicted molar refractivity (Wildman–Crippen MR) is 102 cm³/mol. The van der Waals surface area contributed by atoms with Gasteiger partial charge in [-0.25, -0.2) is 0 Å². The van der Waals surface area contributed by atoms with Gasteiger partial charge in [0.2, 0.25) is 0 Å². The van der Waals surface area contributed by atoms with E-state index >= 15 is 0 Å². The van der Waals surface area contributed by atoms with Crippen LogP contribution in [0.4, 0.5) is 0 Å². The summed E-state index contributed by atoms with van der Waals surface area (Å²) in [5.74, 6) is 1.02. The maximum Gasteiger partial charge on any atom is 0.253 e. The van der Waals surface area contributed by atoms with Crippen molar-refractivity contribution in [3.63, 3.8) is 0 Å². The molecular formula is C21H24N2O4. The van der Waals surface area contributed by atoms with Crippen LogP contribution in [0.2, 0.25) is 0 Å². The van der Waals surface area contributed by atoms with Crippen LogP contribution in [0, 0.1) is 0 Å². The van der Waals surface area contributed by atoms with E-state index in [1.165, 1.54) is 0 Å². The standard InChI is InChI=1S/C21H24N2O4/c1-26-18-9-8-16(14-19(18)27-2)21(25)23-12-10-17(11-13-23)22-20(24)15-6-4-3-5-7-15/h3-9,14,17H,10-13H2,1-2H3,(H,22,24). The van der Waals surface area contributed by atoms with Gasteiger partial charge < -0.3 is 19.7 Å². The Bertz CT molecular complexity index is 799. The predicted octanol–water partition coefficient (Wildman–Crippen LogP) is 2.74. The lowest BCUT2D eigenvalue weighted by atomic mass is 10.0. The molecule has 2 aromatic rings. The number of rotatable bonds is 5. The zero-order valence-electron chi connectivity index (χ0n) is 15.6. The Balaban J connectivity index is 1.57. The Kier molecular flexibility index (Phi) is 5.96. The molecule has 2 amide bonds. The number of carbonyl (C=O) groups excluding carboxylic acids is 2. The summed E-state index contributed by atoms with van der Waals surface area (Å²) in [6.07, 6.45) is 1.47. The van der Waals surface area contributed by atoms with Gasteiger partial charge in [-0.05, 0) is 43.2 Å². The number of piperidine rings is 1. The van der Waals surface area contributed by atoms with Crippen molar-refractivity contribution in [2.75, 3.05) is 27.3 Å². The van der Waals surface area contributed by atoms with Gasteiger partial charge in [0.1, 0.15) is 0 Å². The van der Waals surface area contributed by atoms with Crippen LogP contribution in [0.5, 0.6) is 11.5 Å². The molecule has 0 atom stereocenters. The van der Waals surface area contributed by atoms with Crippen LogP contribution < -0.4 is 14.8 Å². The third kappa shape index (κ3) is 4.39. The molecule has 0 saturated carbocycles. The Hall–Kier alpha value is -3.02. The number of ether oxygens (including phenoxy) is 2.